The van der Waals surface area contributed by atoms with Crippen LogP contribution in [0.3, 0.4) is 0 Å². The molecule has 2 nitrogen and oxygen atoms in total. The molecule has 1 aliphatic heterocycles. The number of hydrogen-bond donors (Lipinski definition) is 0. The minimum Gasteiger partial charge on any atom is -0.284 e. The molecule has 5 aliphatic rings. The number of hydrogen-bond acceptors (Lipinski definition) is 2. The Labute approximate surface area is 293 Å². The van der Waals surface area contributed by atoms with Gasteiger partial charge in [-0.25, -0.2) is 0 Å². The van der Waals surface area contributed by atoms with Crippen LogP contribution in [0.5, 0.6) is 0 Å². The molecule has 0 N–H and O–H groups in total. The van der Waals surface area contributed by atoms with E-state index in [1.165, 1.54) is 54.6 Å². The maximum absolute atomic E-state index is 4.98. The van der Waals surface area contributed by atoms with E-state index in [1.807, 2.05) is 12.4 Å². The minimum atomic E-state index is 0.198. The SMILES string of the molecule is C1=CC2C=C(c3ccc(C4=CC5C(=C(c6ccc7ccccc7c6)c6ccccc6C5C5C=c6ccccc6=CC5)C=C4)cn3)C=NC2C=C1. The molecule has 0 spiro atoms. The number of fused-ring (bicyclic) bond motifs is 5. The van der Waals surface area contributed by atoms with Gasteiger partial charge in [-0.05, 0) is 84.7 Å². The first-order valence-corrected chi connectivity index (χ1v) is 17.8. The third-order valence-electron chi connectivity index (χ3n) is 11.2. The van der Waals surface area contributed by atoms with E-state index in [0.717, 1.165) is 23.3 Å². The number of nitrogens with zero attached hydrogens (tertiary/aromatic N) is 2. The van der Waals surface area contributed by atoms with E-state index in [9.17, 15) is 0 Å². The van der Waals surface area contributed by atoms with Crippen molar-refractivity contribution < 1.29 is 0 Å². The second kappa shape index (κ2) is 11.9. The lowest BCUT2D eigenvalue weighted by Gasteiger charge is -2.40. The van der Waals surface area contributed by atoms with Gasteiger partial charge in [0.2, 0.25) is 0 Å². The molecular weight excluding hydrogens is 605 g/mol. The predicted molar refractivity (Wildman–Crippen MR) is 209 cm³/mol. The molecule has 5 aromatic rings. The lowest BCUT2D eigenvalue weighted by Crippen LogP contribution is -2.33. The van der Waals surface area contributed by atoms with Gasteiger partial charge >= 0.3 is 0 Å². The van der Waals surface area contributed by atoms with Gasteiger partial charge in [0.15, 0.2) is 0 Å². The van der Waals surface area contributed by atoms with Gasteiger partial charge in [-0.15, -0.1) is 0 Å². The molecule has 5 atom stereocenters. The van der Waals surface area contributed by atoms with Gasteiger partial charge in [-0.2, -0.15) is 0 Å². The Morgan fingerprint density at radius 1 is 0.640 bits per heavy atom. The fourth-order valence-corrected chi connectivity index (χ4v) is 8.78. The van der Waals surface area contributed by atoms with Gasteiger partial charge in [-0.1, -0.05) is 152 Å². The molecule has 50 heavy (non-hydrogen) atoms. The lowest BCUT2D eigenvalue weighted by molar-refractivity contribution is 0.463. The first kappa shape index (κ1) is 29.1. The molecule has 0 amide bonds. The normalized spacial score (nSPS) is 24.3. The molecule has 0 radical (unpaired) electrons. The van der Waals surface area contributed by atoms with E-state index in [0.29, 0.717) is 17.8 Å². The number of benzene rings is 4. The van der Waals surface area contributed by atoms with Crippen LogP contribution in [0.1, 0.15) is 40.3 Å². The molecule has 5 unspecified atom stereocenters. The molecule has 2 heteroatoms. The first-order chi connectivity index (χ1) is 24.8. The van der Waals surface area contributed by atoms with Crippen LogP contribution in [-0.2, 0) is 0 Å². The van der Waals surface area contributed by atoms with Crippen LogP contribution in [-0.4, -0.2) is 17.2 Å². The number of aliphatic imine (C=N–C) groups is 1. The molecule has 2 heterocycles. The molecule has 4 aromatic carbocycles. The molecule has 0 bridgehead atoms. The molecule has 10 rings (SSSR count). The molecule has 4 aliphatic carbocycles. The summed E-state index contributed by atoms with van der Waals surface area (Å²) in [5.41, 5.74) is 11.2. The zero-order valence-corrected chi connectivity index (χ0v) is 27.7. The van der Waals surface area contributed by atoms with E-state index in [1.54, 1.807) is 0 Å². The zero-order chi connectivity index (χ0) is 33.0. The van der Waals surface area contributed by atoms with E-state index in [4.69, 9.17) is 9.98 Å². The third-order valence-corrected chi connectivity index (χ3v) is 11.2. The quantitative estimate of drug-likeness (QED) is 0.192. The van der Waals surface area contributed by atoms with Gasteiger partial charge in [0, 0.05) is 35.7 Å². The Balaban J connectivity index is 1.09. The van der Waals surface area contributed by atoms with E-state index < -0.39 is 0 Å². The Kier molecular flexibility index (Phi) is 6.94. The molecular formula is C48H36N2. The number of rotatable bonds is 4. The molecule has 0 fully saturated rings. The summed E-state index contributed by atoms with van der Waals surface area (Å²) in [5.74, 6) is 1.18. The Hall–Kier alpha value is -5.86. The monoisotopic (exact) mass is 640 g/mol. The highest BCUT2D eigenvalue weighted by Crippen LogP contribution is 2.53. The predicted octanol–water partition coefficient (Wildman–Crippen LogP) is 9.26. The highest BCUT2D eigenvalue weighted by atomic mass is 14.8. The van der Waals surface area contributed by atoms with Crippen molar-refractivity contribution in [2.75, 3.05) is 0 Å². The molecule has 238 valence electrons. The number of aromatic nitrogens is 1. The van der Waals surface area contributed by atoms with Crippen molar-refractivity contribution in [1.82, 2.24) is 4.98 Å². The Morgan fingerprint density at radius 2 is 1.46 bits per heavy atom. The van der Waals surface area contributed by atoms with Gasteiger partial charge < -0.3 is 0 Å². The maximum Gasteiger partial charge on any atom is 0.0780 e. The third kappa shape index (κ3) is 4.94. The highest BCUT2D eigenvalue weighted by Gasteiger charge is 2.39. The van der Waals surface area contributed by atoms with Crippen molar-refractivity contribution in [1.29, 1.82) is 0 Å². The highest BCUT2D eigenvalue weighted by molar-refractivity contribution is 6.10. The summed E-state index contributed by atoms with van der Waals surface area (Å²) >= 11 is 0. The Morgan fingerprint density at radius 3 is 2.38 bits per heavy atom. The number of dihydropyridines is 1. The summed E-state index contributed by atoms with van der Waals surface area (Å²) in [6, 6.07) is 38.2. The summed E-state index contributed by atoms with van der Waals surface area (Å²) in [5, 5.41) is 5.23. The topological polar surface area (TPSA) is 25.2 Å². The summed E-state index contributed by atoms with van der Waals surface area (Å²) < 4.78 is 0. The van der Waals surface area contributed by atoms with Gasteiger partial charge in [0.1, 0.15) is 0 Å². The summed E-state index contributed by atoms with van der Waals surface area (Å²) in [6.45, 7) is 0. The summed E-state index contributed by atoms with van der Waals surface area (Å²) in [6.07, 6.45) is 28.2. The van der Waals surface area contributed by atoms with Crippen LogP contribution in [0, 0.1) is 17.8 Å². The van der Waals surface area contributed by atoms with Crippen LogP contribution < -0.4 is 10.4 Å². The van der Waals surface area contributed by atoms with Crippen molar-refractivity contribution in [2.24, 2.45) is 22.7 Å². The van der Waals surface area contributed by atoms with Crippen LogP contribution in [0.2, 0.25) is 0 Å². The van der Waals surface area contributed by atoms with Gasteiger partial charge in [0.05, 0.1) is 11.7 Å². The second-order valence-electron chi connectivity index (χ2n) is 14.1. The lowest BCUT2D eigenvalue weighted by atomic mass is 9.63. The molecule has 1 aromatic heterocycles. The average Bonchev–Trinajstić information content (AvgIpc) is 3.19. The number of allylic oxidation sites excluding steroid dienone is 8. The summed E-state index contributed by atoms with van der Waals surface area (Å²) in [7, 11) is 0. The van der Waals surface area contributed by atoms with Crippen LogP contribution >= 0.6 is 0 Å². The van der Waals surface area contributed by atoms with Crippen molar-refractivity contribution in [2.45, 2.75) is 18.4 Å². The minimum absolute atomic E-state index is 0.198. The van der Waals surface area contributed by atoms with Gasteiger partial charge in [-0.3, -0.25) is 9.98 Å². The first-order valence-electron chi connectivity index (χ1n) is 17.8. The maximum atomic E-state index is 4.98. The van der Waals surface area contributed by atoms with Crippen molar-refractivity contribution in [3.05, 3.63) is 202 Å². The fourth-order valence-electron chi connectivity index (χ4n) is 8.78. The van der Waals surface area contributed by atoms with Crippen LogP contribution in [0.25, 0.3) is 39.6 Å². The van der Waals surface area contributed by atoms with Crippen molar-refractivity contribution in [3.8, 4) is 0 Å². The summed E-state index contributed by atoms with van der Waals surface area (Å²) in [4.78, 5) is 9.78. The van der Waals surface area contributed by atoms with E-state index >= 15 is 0 Å². The fraction of sp³-hybridized carbons (Fsp3) is 0.125. The number of pyridine rings is 1. The van der Waals surface area contributed by atoms with E-state index in [2.05, 4.69) is 164 Å². The van der Waals surface area contributed by atoms with Gasteiger partial charge in [0.25, 0.3) is 0 Å². The Bertz CT molecular complexity index is 2540. The zero-order valence-electron chi connectivity index (χ0n) is 27.7. The largest absolute Gasteiger partial charge is 0.284 e. The van der Waals surface area contributed by atoms with Crippen LogP contribution in [0.4, 0.5) is 0 Å². The average molecular weight is 641 g/mol. The smallest absolute Gasteiger partial charge is 0.0780 e. The molecule has 0 saturated heterocycles. The van der Waals surface area contributed by atoms with Crippen molar-refractivity contribution in [3.63, 3.8) is 0 Å². The van der Waals surface area contributed by atoms with Crippen LogP contribution in [0.15, 0.2) is 168 Å². The van der Waals surface area contributed by atoms with E-state index in [-0.39, 0.29) is 12.0 Å². The molecule has 0 saturated carbocycles. The second-order valence-corrected chi connectivity index (χ2v) is 14.1. The van der Waals surface area contributed by atoms with Crippen molar-refractivity contribution >= 4 is 45.9 Å². The standard InChI is InChI=1S/C48H36N2/c1-3-11-33-25-37(19-17-31(33)9-1)47-41-14-6-7-15-42(41)48(38-20-18-32-10-2-4-12-34(32)26-38)44-28-35(21-23-43(44)47)39-22-24-46(49-29-39)40-27-36-13-5-8-16-45(36)50-30-40/h1-19,21-30,36,38,44-45,48H,20H2.